The van der Waals surface area contributed by atoms with E-state index < -0.39 is 10.0 Å². The molecule has 0 aliphatic carbocycles. The van der Waals surface area contributed by atoms with Crippen LogP contribution in [0.1, 0.15) is 19.8 Å². The SMILES string of the molecule is COCCN1[C@H]2CCN(C(C)=O)CC[C@@H]2Oc2ccccc2S1(=O)=O. The van der Waals surface area contributed by atoms with Gasteiger partial charge in [0.2, 0.25) is 15.9 Å². The second-order valence-electron chi connectivity index (χ2n) is 6.36. The maximum absolute atomic E-state index is 13.2. The molecule has 0 aromatic heterocycles. The quantitative estimate of drug-likeness (QED) is 0.798. The van der Waals surface area contributed by atoms with Crippen LogP contribution in [0.4, 0.5) is 0 Å². The number of hydrogen-bond acceptors (Lipinski definition) is 5. The van der Waals surface area contributed by atoms with Gasteiger partial charge >= 0.3 is 0 Å². The Bertz CT molecular complexity index is 736. The number of benzene rings is 1. The van der Waals surface area contributed by atoms with Crippen molar-refractivity contribution < 1.29 is 22.7 Å². The summed E-state index contributed by atoms with van der Waals surface area (Å²) in [4.78, 5) is 13.7. The number of para-hydroxylation sites is 1. The van der Waals surface area contributed by atoms with Crippen LogP contribution >= 0.6 is 0 Å². The second-order valence-corrected chi connectivity index (χ2v) is 8.22. The average Bonchev–Trinajstić information content (AvgIpc) is 2.82. The minimum Gasteiger partial charge on any atom is -0.487 e. The summed E-state index contributed by atoms with van der Waals surface area (Å²) >= 11 is 0. The fraction of sp³-hybridized carbons (Fsp3) is 0.588. The molecule has 1 fully saturated rings. The van der Waals surface area contributed by atoms with Gasteiger partial charge in [0.05, 0.1) is 12.6 Å². The minimum atomic E-state index is -3.69. The smallest absolute Gasteiger partial charge is 0.247 e. The molecule has 0 spiro atoms. The fourth-order valence-electron chi connectivity index (χ4n) is 3.54. The number of hydrogen-bond donors (Lipinski definition) is 0. The van der Waals surface area contributed by atoms with E-state index >= 15 is 0 Å². The number of nitrogens with zero attached hydrogens (tertiary/aromatic N) is 2. The largest absolute Gasteiger partial charge is 0.487 e. The highest BCUT2D eigenvalue weighted by molar-refractivity contribution is 7.89. The third kappa shape index (κ3) is 3.51. The zero-order valence-electron chi connectivity index (χ0n) is 14.6. The second kappa shape index (κ2) is 7.31. The molecule has 0 saturated carbocycles. The van der Waals surface area contributed by atoms with Crippen LogP contribution < -0.4 is 4.74 Å². The number of sulfonamides is 1. The molecule has 2 aliphatic heterocycles. The van der Waals surface area contributed by atoms with E-state index in [9.17, 15) is 13.2 Å². The molecule has 1 saturated heterocycles. The van der Waals surface area contributed by atoms with E-state index in [0.29, 0.717) is 38.3 Å². The fourth-order valence-corrected chi connectivity index (χ4v) is 5.32. The standard InChI is InChI=1S/C17H24N2O5S/c1-13(20)18-9-7-14-15(8-10-18)24-16-5-3-4-6-17(16)25(21,22)19(14)11-12-23-2/h3-6,14-15H,7-12H2,1-2H3/t14-,15-/m0/s1. The Morgan fingerprint density at radius 1 is 1.28 bits per heavy atom. The van der Waals surface area contributed by atoms with Crippen LogP contribution in [-0.4, -0.2) is 69.0 Å². The third-order valence-corrected chi connectivity index (χ3v) is 6.82. The molecule has 0 bridgehead atoms. The first-order valence-electron chi connectivity index (χ1n) is 8.47. The van der Waals surface area contributed by atoms with E-state index in [-0.39, 0.29) is 29.5 Å². The molecule has 7 nitrogen and oxygen atoms in total. The van der Waals surface area contributed by atoms with E-state index in [1.165, 1.54) is 11.2 Å². The van der Waals surface area contributed by atoms with Crippen molar-refractivity contribution in [2.75, 3.05) is 33.4 Å². The normalized spacial score (nSPS) is 25.9. The van der Waals surface area contributed by atoms with Crippen molar-refractivity contribution in [3.8, 4) is 5.75 Å². The van der Waals surface area contributed by atoms with Gasteiger partial charge in [0.15, 0.2) is 0 Å². The third-order valence-electron chi connectivity index (χ3n) is 4.85. The molecule has 25 heavy (non-hydrogen) atoms. The highest BCUT2D eigenvalue weighted by Crippen LogP contribution is 2.36. The molecule has 0 unspecified atom stereocenters. The van der Waals surface area contributed by atoms with Crippen molar-refractivity contribution in [3.05, 3.63) is 24.3 Å². The summed E-state index contributed by atoms with van der Waals surface area (Å²) in [5.74, 6) is 0.386. The molecule has 0 N–H and O–H groups in total. The molecule has 2 aliphatic rings. The highest BCUT2D eigenvalue weighted by Gasteiger charge is 2.43. The number of carbonyl (C=O) groups excluding carboxylic acids is 1. The van der Waals surface area contributed by atoms with Crippen molar-refractivity contribution in [1.82, 2.24) is 9.21 Å². The number of likely N-dealkylation sites (tertiary alicyclic amines) is 1. The summed E-state index contributed by atoms with van der Waals surface area (Å²) in [6.45, 7) is 3.20. The Morgan fingerprint density at radius 3 is 2.72 bits per heavy atom. The predicted octanol–water partition coefficient (Wildman–Crippen LogP) is 1.10. The van der Waals surface area contributed by atoms with Gasteiger partial charge < -0.3 is 14.4 Å². The topological polar surface area (TPSA) is 76.2 Å². The monoisotopic (exact) mass is 368 g/mol. The molecule has 1 amide bonds. The molecule has 2 heterocycles. The predicted molar refractivity (Wildman–Crippen MR) is 91.9 cm³/mol. The summed E-state index contributed by atoms with van der Waals surface area (Å²) in [6, 6.07) is 6.42. The van der Waals surface area contributed by atoms with Gasteiger partial charge in [0, 0.05) is 40.1 Å². The number of methoxy groups -OCH3 is 1. The lowest BCUT2D eigenvalue weighted by Crippen LogP contribution is -2.48. The van der Waals surface area contributed by atoms with Gasteiger partial charge in [-0.15, -0.1) is 0 Å². The van der Waals surface area contributed by atoms with Gasteiger partial charge in [-0.25, -0.2) is 8.42 Å². The van der Waals surface area contributed by atoms with Crippen molar-refractivity contribution in [1.29, 1.82) is 0 Å². The Kier molecular flexibility index (Phi) is 5.31. The molecule has 8 heteroatoms. The maximum Gasteiger partial charge on any atom is 0.247 e. The van der Waals surface area contributed by atoms with Crippen molar-refractivity contribution >= 4 is 15.9 Å². The molecule has 2 atom stereocenters. The lowest BCUT2D eigenvalue weighted by atomic mass is 10.1. The summed E-state index contributed by atoms with van der Waals surface area (Å²) in [7, 11) is -2.14. The van der Waals surface area contributed by atoms with Crippen molar-refractivity contribution in [2.24, 2.45) is 0 Å². The van der Waals surface area contributed by atoms with Crippen LogP contribution in [-0.2, 0) is 19.6 Å². The zero-order valence-corrected chi connectivity index (χ0v) is 15.4. The van der Waals surface area contributed by atoms with E-state index in [1.807, 2.05) is 0 Å². The van der Waals surface area contributed by atoms with E-state index in [1.54, 1.807) is 36.3 Å². The molecular weight excluding hydrogens is 344 g/mol. The molecule has 3 rings (SSSR count). The minimum absolute atomic E-state index is 0.00292. The number of rotatable bonds is 3. The molecule has 1 aromatic rings. The van der Waals surface area contributed by atoms with E-state index in [0.717, 1.165) is 0 Å². The molecule has 0 radical (unpaired) electrons. The first kappa shape index (κ1) is 18.2. The summed E-state index contributed by atoms with van der Waals surface area (Å²) in [6.07, 6.45) is 0.846. The summed E-state index contributed by atoms with van der Waals surface area (Å²) in [5, 5.41) is 0. The molecular formula is C17H24N2O5S. The lowest BCUT2D eigenvalue weighted by Gasteiger charge is -2.31. The zero-order chi connectivity index (χ0) is 18.0. The lowest BCUT2D eigenvalue weighted by molar-refractivity contribution is -0.128. The Morgan fingerprint density at radius 2 is 2.00 bits per heavy atom. The number of fused-ring (bicyclic) bond motifs is 2. The first-order chi connectivity index (χ1) is 11.9. The molecule has 138 valence electrons. The van der Waals surface area contributed by atoms with E-state index in [2.05, 4.69) is 0 Å². The Labute approximate surface area is 148 Å². The van der Waals surface area contributed by atoms with Crippen molar-refractivity contribution in [3.63, 3.8) is 0 Å². The van der Waals surface area contributed by atoms with Gasteiger partial charge in [0.1, 0.15) is 16.7 Å². The number of ether oxygens (including phenoxy) is 2. The van der Waals surface area contributed by atoms with Gasteiger partial charge in [0.25, 0.3) is 0 Å². The van der Waals surface area contributed by atoms with Gasteiger partial charge in [-0.1, -0.05) is 12.1 Å². The van der Waals surface area contributed by atoms with Crippen LogP contribution in [0.3, 0.4) is 0 Å². The number of carbonyl (C=O) groups is 1. The van der Waals surface area contributed by atoms with E-state index in [4.69, 9.17) is 9.47 Å². The van der Waals surface area contributed by atoms with Crippen LogP contribution in [0.15, 0.2) is 29.2 Å². The average molecular weight is 368 g/mol. The highest BCUT2D eigenvalue weighted by atomic mass is 32.2. The first-order valence-corrected chi connectivity index (χ1v) is 9.91. The van der Waals surface area contributed by atoms with Crippen LogP contribution in [0, 0.1) is 0 Å². The summed E-state index contributed by atoms with van der Waals surface area (Å²) in [5.41, 5.74) is 0. The summed E-state index contributed by atoms with van der Waals surface area (Å²) < 4.78 is 39.2. The Balaban J connectivity index is 2.02. The Hall–Kier alpha value is -1.64. The molecule has 1 aromatic carbocycles. The van der Waals surface area contributed by atoms with Gasteiger partial charge in [-0.3, -0.25) is 4.79 Å². The van der Waals surface area contributed by atoms with Crippen LogP contribution in [0.25, 0.3) is 0 Å². The van der Waals surface area contributed by atoms with Crippen LogP contribution in [0.2, 0.25) is 0 Å². The van der Waals surface area contributed by atoms with Crippen molar-refractivity contribution in [2.45, 2.75) is 36.8 Å². The van der Waals surface area contributed by atoms with Crippen LogP contribution in [0.5, 0.6) is 5.75 Å². The van der Waals surface area contributed by atoms with Gasteiger partial charge in [-0.05, 0) is 18.6 Å². The van der Waals surface area contributed by atoms with Gasteiger partial charge in [-0.2, -0.15) is 4.31 Å². The number of amides is 1. The maximum atomic E-state index is 13.2.